The Hall–Kier alpha value is -3.67. The molecule has 0 spiro atoms. The molecule has 27 heavy (non-hydrogen) atoms. The highest BCUT2D eigenvalue weighted by atomic mass is 16.6. The number of aryl methyl sites for hydroxylation is 1. The van der Waals surface area contributed by atoms with Gasteiger partial charge in [0.25, 0.3) is 5.69 Å². The van der Waals surface area contributed by atoms with Crippen molar-refractivity contribution in [1.29, 1.82) is 0 Å². The number of para-hydroxylation sites is 1. The minimum absolute atomic E-state index is 0.0318. The molecule has 0 aliphatic carbocycles. The van der Waals surface area contributed by atoms with Gasteiger partial charge in [-0.2, -0.15) is 0 Å². The van der Waals surface area contributed by atoms with Crippen molar-refractivity contribution in [3.8, 4) is 11.3 Å². The van der Waals surface area contributed by atoms with Gasteiger partial charge in [-0.25, -0.2) is 0 Å². The van der Waals surface area contributed by atoms with E-state index in [9.17, 15) is 14.9 Å². The first-order valence-electron chi connectivity index (χ1n) is 8.48. The van der Waals surface area contributed by atoms with Gasteiger partial charge in [-0.1, -0.05) is 31.2 Å². The zero-order valence-corrected chi connectivity index (χ0v) is 14.7. The molecule has 6 nitrogen and oxygen atoms in total. The van der Waals surface area contributed by atoms with E-state index in [-0.39, 0.29) is 11.6 Å². The number of anilines is 1. The summed E-state index contributed by atoms with van der Waals surface area (Å²) >= 11 is 0. The Kier molecular flexibility index (Phi) is 5.47. The molecule has 0 saturated carbocycles. The van der Waals surface area contributed by atoms with Crippen LogP contribution in [-0.2, 0) is 11.2 Å². The van der Waals surface area contributed by atoms with E-state index in [1.807, 2.05) is 24.3 Å². The van der Waals surface area contributed by atoms with Crippen LogP contribution in [0.15, 0.2) is 71.2 Å². The standard InChI is InChI=1S/C21H18N2O4/c1-2-15-7-9-16(10-8-15)22-21(24)14-12-17-11-13-20(27-17)18-5-3-4-6-19(18)23(25)26/h3-14H,2H2,1H3,(H,22,24)/b14-12+. The van der Waals surface area contributed by atoms with E-state index in [1.54, 1.807) is 30.3 Å². The summed E-state index contributed by atoms with van der Waals surface area (Å²) in [5.74, 6) is 0.514. The molecule has 0 saturated heterocycles. The lowest BCUT2D eigenvalue weighted by Crippen LogP contribution is -2.07. The van der Waals surface area contributed by atoms with E-state index in [0.29, 0.717) is 22.8 Å². The fraction of sp³-hybridized carbons (Fsp3) is 0.0952. The minimum Gasteiger partial charge on any atom is -0.456 e. The van der Waals surface area contributed by atoms with Crippen LogP contribution in [-0.4, -0.2) is 10.8 Å². The molecule has 0 aliphatic heterocycles. The number of carbonyl (C=O) groups excluding carboxylic acids is 1. The summed E-state index contributed by atoms with van der Waals surface area (Å²) in [7, 11) is 0. The number of furan rings is 1. The van der Waals surface area contributed by atoms with E-state index in [0.717, 1.165) is 6.42 Å². The van der Waals surface area contributed by atoms with Crippen molar-refractivity contribution >= 4 is 23.4 Å². The molecule has 1 heterocycles. The van der Waals surface area contributed by atoms with Crippen molar-refractivity contribution < 1.29 is 14.1 Å². The number of hydrogen-bond acceptors (Lipinski definition) is 4. The van der Waals surface area contributed by atoms with Crippen molar-refractivity contribution in [1.82, 2.24) is 0 Å². The van der Waals surface area contributed by atoms with E-state index in [2.05, 4.69) is 12.2 Å². The Morgan fingerprint density at radius 3 is 2.56 bits per heavy atom. The van der Waals surface area contributed by atoms with Crippen LogP contribution in [0.4, 0.5) is 11.4 Å². The molecule has 3 rings (SSSR count). The summed E-state index contributed by atoms with van der Waals surface area (Å²) in [6.45, 7) is 2.07. The maximum atomic E-state index is 12.0. The summed E-state index contributed by atoms with van der Waals surface area (Å²) in [5.41, 5.74) is 2.27. The summed E-state index contributed by atoms with van der Waals surface area (Å²) in [5, 5.41) is 13.9. The fourth-order valence-corrected chi connectivity index (χ4v) is 2.59. The maximum Gasteiger partial charge on any atom is 0.280 e. The van der Waals surface area contributed by atoms with E-state index >= 15 is 0 Å². The van der Waals surface area contributed by atoms with Crippen LogP contribution in [0.1, 0.15) is 18.2 Å². The largest absolute Gasteiger partial charge is 0.456 e. The van der Waals surface area contributed by atoms with Crippen LogP contribution in [0.3, 0.4) is 0 Å². The van der Waals surface area contributed by atoms with Gasteiger partial charge in [0.15, 0.2) is 0 Å². The zero-order valence-electron chi connectivity index (χ0n) is 14.7. The number of nitrogens with one attached hydrogen (secondary N) is 1. The molecule has 3 aromatic rings. The van der Waals surface area contributed by atoms with Crippen molar-refractivity contribution in [3.63, 3.8) is 0 Å². The first-order chi connectivity index (χ1) is 13.1. The molecule has 0 atom stereocenters. The molecular formula is C21H18N2O4. The van der Waals surface area contributed by atoms with Gasteiger partial charge in [0.2, 0.25) is 5.91 Å². The maximum absolute atomic E-state index is 12.0. The lowest BCUT2D eigenvalue weighted by atomic mass is 10.1. The van der Waals surface area contributed by atoms with Gasteiger partial charge in [0.1, 0.15) is 11.5 Å². The molecule has 6 heteroatoms. The first-order valence-corrected chi connectivity index (χ1v) is 8.48. The van der Waals surface area contributed by atoms with Crippen LogP contribution in [0.25, 0.3) is 17.4 Å². The minimum atomic E-state index is -0.454. The van der Waals surface area contributed by atoms with Gasteiger partial charge in [0, 0.05) is 17.8 Å². The van der Waals surface area contributed by atoms with Crippen LogP contribution < -0.4 is 5.32 Å². The number of nitrogens with zero attached hydrogens (tertiary/aromatic N) is 1. The Bertz CT molecular complexity index is 987. The zero-order chi connectivity index (χ0) is 19.2. The lowest BCUT2D eigenvalue weighted by molar-refractivity contribution is -0.384. The Labute approximate surface area is 156 Å². The molecule has 0 radical (unpaired) electrons. The van der Waals surface area contributed by atoms with Crippen LogP contribution >= 0.6 is 0 Å². The Morgan fingerprint density at radius 2 is 1.85 bits per heavy atom. The van der Waals surface area contributed by atoms with Gasteiger partial charge in [-0.15, -0.1) is 0 Å². The number of hydrogen-bond donors (Lipinski definition) is 1. The van der Waals surface area contributed by atoms with Crippen molar-refractivity contribution in [2.75, 3.05) is 5.32 Å². The lowest BCUT2D eigenvalue weighted by Gasteiger charge is -2.03. The second-order valence-corrected chi connectivity index (χ2v) is 5.85. The molecule has 0 unspecified atom stereocenters. The summed E-state index contributed by atoms with van der Waals surface area (Å²) in [4.78, 5) is 22.7. The second-order valence-electron chi connectivity index (χ2n) is 5.85. The molecule has 0 fully saturated rings. The third-order valence-corrected chi connectivity index (χ3v) is 4.02. The van der Waals surface area contributed by atoms with E-state index < -0.39 is 4.92 Å². The molecule has 1 amide bonds. The average Bonchev–Trinajstić information content (AvgIpc) is 3.16. The molecule has 2 aromatic carbocycles. The third-order valence-electron chi connectivity index (χ3n) is 4.02. The average molecular weight is 362 g/mol. The van der Waals surface area contributed by atoms with Gasteiger partial charge in [0.05, 0.1) is 10.5 Å². The highest BCUT2D eigenvalue weighted by Crippen LogP contribution is 2.31. The number of benzene rings is 2. The third kappa shape index (κ3) is 4.49. The summed E-state index contributed by atoms with van der Waals surface area (Å²) in [6.07, 6.45) is 3.82. The number of nitro groups is 1. The topological polar surface area (TPSA) is 85.4 Å². The molecule has 1 N–H and O–H groups in total. The smallest absolute Gasteiger partial charge is 0.280 e. The van der Waals surface area contributed by atoms with Crippen molar-refractivity contribution in [2.24, 2.45) is 0 Å². The Balaban J connectivity index is 1.70. The fourth-order valence-electron chi connectivity index (χ4n) is 2.59. The molecular weight excluding hydrogens is 344 g/mol. The molecule has 0 bridgehead atoms. The molecule has 1 aromatic heterocycles. The predicted octanol–water partition coefficient (Wildman–Crippen LogP) is 5.07. The first kappa shape index (κ1) is 18.1. The number of carbonyl (C=O) groups is 1. The second kappa shape index (κ2) is 8.14. The highest BCUT2D eigenvalue weighted by molar-refractivity contribution is 6.01. The van der Waals surface area contributed by atoms with Crippen molar-refractivity contribution in [3.05, 3.63) is 88.2 Å². The number of nitro benzene ring substituents is 1. The quantitative estimate of drug-likeness (QED) is 0.377. The van der Waals surface area contributed by atoms with Gasteiger partial charge >= 0.3 is 0 Å². The summed E-state index contributed by atoms with van der Waals surface area (Å²) < 4.78 is 5.62. The Morgan fingerprint density at radius 1 is 1.11 bits per heavy atom. The van der Waals surface area contributed by atoms with E-state index in [4.69, 9.17) is 4.42 Å². The van der Waals surface area contributed by atoms with Crippen LogP contribution in [0, 0.1) is 10.1 Å². The normalized spacial score (nSPS) is 10.9. The predicted molar refractivity (Wildman–Crippen MR) is 104 cm³/mol. The van der Waals surface area contributed by atoms with Crippen LogP contribution in [0.2, 0.25) is 0 Å². The molecule has 136 valence electrons. The monoisotopic (exact) mass is 362 g/mol. The molecule has 0 aliphatic rings. The van der Waals surface area contributed by atoms with Gasteiger partial charge < -0.3 is 9.73 Å². The van der Waals surface area contributed by atoms with Crippen molar-refractivity contribution in [2.45, 2.75) is 13.3 Å². The van der Waals surface area contributed by atoms with Gasteiger partial charge in [-0.05, 0) is 48.4 Å². The highest BCUT2D eigenvalue weighted by Gasteiger charge is 2.16. The van der Waals surface area contributed by atoms with E-state index in [1.165, 1.54) is 23.8 Å². The SMILES string of the molecule is CCc1ccc(NC(=O)/C=C/c2ccc(-c3ccccc3[N+](=O)[O-])o2)cc1. The number of amides is 1. The van der Waals surface area contributed by atoms with Gasteiger partial charge in [-0.3, -0.25) is 14.9 Å². The summed E-state index contributed by atoms with van der Waals surface area (Å²) in [6, 6.07) is 17.3. The number of rotatable bonds is 6. The van der Waals surface area contributed by atoms with Crippen LogP contribution in [0.5, 0.6) is 0 Å².